The molecule has 0 atom stereocenters. The van der Waals surface area contributed by atoms with Crippen LogP contribution in [0.25, 0.3) is 101 Å². The molecule has 8 heteroatoms. The molecule has 0 fully saturated rings. The van der Waals surface area contributed by atoms with Crippen molar-refractivity contribution in [1.29, 1.82) is 0 Å². The van der Waals surface area contributed by atoms with Crippen molar-refractivity contribution in [3.63, 3.8) is 0 Å². The van der Waals surface area contributed by atoms with Crippen molar-refractivity contribution in [2.45, 2.75) is 6.61 Å². The van der Waals surface area contributed by atoms with E-state index in [1.165, 1.54) is 0 Å². The van der Waals surface area contributed by atoms with Crippen LogP contribution in [0.3, 0.4) is 0 Å². The predicted molar refractivity (Wildman–Crippen MR) is 247 cm³/mol. The van der Waals surface area contributed by atoms with Crippen LogP contribution in [-0.2, 0) is 6.61 Å². The molecule has 0 radical (unpaired) electrons. The number of aliphatic hydroxyl groups excluding tert-OH is 1. The molecule has 0 saturated carbocycles. The number of nitrogens with zero attached hydrogens (tertiary/aromatic N) is 6. The molecular weight excluding hydrogens is 765 g/mol. The lowest BCUT2D eigenvalue weighted by Crippen LogP contribution is -2.00. The smallest absolute Gasteiger partial charge is 0.164 e. The summed E-state index contributed by atoms with van der Waals surface area (Å²) < 4.78 is 5.39. The molecule has 0 saturated heterocycles. The highest BCUT2D eigenvalue weighted by Gasteiger charge is 2.16. The largest absolute Gasteiger partial charge is 0.497 e. The molecule has 10 aromatic rings. The number of aromatic nitrogens is 6. The van der Waals surface area contributed by atoms with E-state index in [4.69, 9.17) is 34.6 Å². The van der Waals surface area contributed by atoms with Crippen LogP contribution in [-0.4, -0.2) is 42.1 Å². The first-order valence-corrected chi connectivity index (χ1v) is 20.3. The Morgan fingerprint density at radius 3 is 1.02 bits per heavy atom. The Morgan fingerprint density at radius 2 is 0.661 bits per heavy atom. The normalized spacial score (nSPS) is 11.1. The van der Waals surface area contributed by atoms with Crippen LogP contribution in [0.1, 0.15) is 5.56 Å². The molecule has 62 heavy (non-hydrogen) atoms. The van der Waals surface area contributed by atoms with Crippen LogP contribution >= 0.6 is 0 Å². The first-order valence-electron chi connectivity index (χ1n) is 20.3. The van der Waals surface area contributed by atoms with Crippen LogP contribution in [0.4, 0.5) is 0 Å². The monoisotopic (exact) mass is 802 g/mol. The number of hydrogen-bond acceptors (Lipinski definition) is 8. The third-order valence-corrected chi connectivity index (χ3v) is 10.9. The molecule has 0 aliphatic heterocycles. The van der Waals surface area contributed by atoms with Crippen molar-refractivity contribution in [2.75, 3.05) is 7.11 Å². The maximum absolute atomic E-state index is 9.61. The van der Waals surface area contributed by atoms with Crippen molar-refractivity contribution in [2.24, 2.45) is 0 Å². The second-order valence-corrected chi connectivity index (χ2v) is 14.8. The average Bonchev–Trinajstić information content (AvgIpc) is 3.36. The minimum absolute atomic E-state index is 0.0276. The molecule has 8 nitrogen and oxygen atoms in total. The van der Waals surface area contributed by atoms with E-state index in [9.17, 15) is 5.11 Å². The quantitative estimate of drug-likeness (QED) is 0.146. The minimum atomic E-state index is -0.0276. The maximum Gasteiger partial charge on any atom is 0.164 e. The van der Waals surface area contributed by atoms with Crippen LogP contribution < -0.4 is 4.74 Å². The number of methoxy groups -OCH3 is 1. The van der Waals surface area contributed by atoms with Gasteiger partial charge in [-0.2, -0.15) is 0 Å². The van der Waals surface area contributed by atoms with Crippen LogP contribution in [0, 0.1) is 0 Å². The summed E-state index contributed by atoms with van der Waals surface area (Å²) >= 11 is 0. The number of fused-ring (bicyclic) bond motifs is 1. The number of benzene rings is 8. The van der Waals surface area contributed by atoms with Gasteiger partial charge in [0.1, 0.15) is 5.75 Å². The second kappa shape index (κ2) is 16.8. The summed E-state index contributed by atoms with van der Waals surface area (Å²) in [7, 11) is 1.66. The summed E-state index contributed by atoms with van der Waals surface area (Å²) in [4.78, 5) is 29.5. The van der Waals surface area contributed by atoms with E-state index in [-0.39, 0.29) is 6.61 Å². The Labute approximate surface area is 359 Å². The third-order valence-electron chi connectivity index (χ3n) is 10.9. The van der Waals surface area contributed by atoms with Gasteiger partial charge in [0.2, 0.25) is 0 Å². The van der Waals surface area contributed by atoms with Gasteiger partial charge in [-0.25, -0.2) is 29.9 Å². The van der Waals surface area contributed by atoms with Gasteiger partial charge in [-0.15, -0.1) is 0 Å². The fourth-order valence-corrected chi connectivity index (χ4v) is 7.62. The van der Waals surface area contributed by atoms with E-state index in [1.807, 2.05) is 109 Å². The molecule has 2 heterocycles. The zero-order valence-electron chi connectivity index (χ0n) is 33.7. The minimum Gasteiger partial charge on any atom is -0.497 e. The van der Waals surface area contributed by atoms with E-state index in [0.717, 1.165) is 77.7 Å². The molecular formula is C54H38N6O2. The predicted octanol–water partition coefficient (Wildman–Crippen LogP) is 12.0. The van der Waals surface area contributed by atoms with Gasteiger partial charge in [0.15, 0.2) is 34.9 Å². The Hall–Kier alpha value is -8.20. The topological polar surface area (TPSA) is 107 Å². The van der Waals surface area contributed by atoms with E-state index in [0.29, 0.717) is 34.9 Å². The van der Waals surface area contributed by atoms with Crippen molar-refractivity contribution in [3.8, 4) is 96.3 Å². The van der Waals surface area contributed by atoms with Crippen LogP contribution in [0.15, 0.2) is 194 Å². The molecule has 0 spiro atoms. The van der Waals surface area contributed by atoms with Gasteiger partial charge in [0.25, 0.3) is 0 Å². The lowest BCUT2D eigenvalue weighted by Gasteiger charge is -2.14. The number of aliphatic hydroxyl groups is 1. The van der Waals surface area contributed by atoms with Crippen LogP contribution in [0.5, 0.6) is 5.75 Å². The van der Waals surface area contributed by atoms with Gasteiger partial charge >= 0.3 is 0 Å². The highest BCUT2D eigenvalue weighted by molar-refractivity contribution is 6.06. The molecule has 1 N–H and O–H groups in total. The number of rotatable bonds is 10. The molecule has 2 aromatic heterocycles. The SMILES string of the molecule is COc1ccc(-c2nc(-c3ccccc3)nc(-c3ccc(-c4cccc5cccc(-c6ccc(-c7nc(-c8ccccc8)nc(-c8ccc(CO)cc8)n7)cc6)c45)cc3)n2)cc1. The van der Waals surface area contributed by atoms with Crippen LogP contribution in [0.2, 0.25) is 0 Å². The lowest BCUT2D eigenvalue weighted by molar-refractivity contribution is 0.282. The van der Waals surface area contributed by atoms with Crippen molar-refractivity contribution in [3.05, 3.63) is 200 Å². The summed E-state index contributed by atoms with van der Waals surface area (Å²) in [5.74, 6) is 4.30. The Bertz CT molecular complexity index is 2950. The molecule has 10 rings (SSSR count). The summed E-state index contributed by atoms with van der Waals surface area (Å²) in [6.07, 6.45) is 0. The van der Waals surface area contributed by atoms with Gasteiger partial charge in [-0.3, -0.25) is 0 Å². The molecule has 0 aliphatic rings. The zero-order chi connectivity index (χ0) is 41.8. The standard InChI is InChI=1S/C54H38N6O2/c1-62-45-32-30-44(31-33-45)54-58-50(40-12-6-3-7-13-40)57-53(60-54)43-28-24-37(25-29-43)47-17-9-15-38-14-8-16-46(48(38)47)36-22-26-42(27-23-36)52-56-49(39-10-4-2-5-11-39)55-51(59-52)41-20-18-35(34-61)19-21-41/h2-33,61H,34H2,1H3. The van der Waals surface area contributed by atoms with Crippen molar-refractivity contribution >= 4 is 10.8 Å². The fourth-order valence-electron chi connectivity index (χ4n) is 7.62. The average molecular weight is 803 g/mol. The number of hydrogen-bond donors (Lipinski definition) is 1. The summed E-state index contributed by atoms with van der Waals surface area (Å²) in [5, 5.41) is 11.9. The molecule has 8 aromatic carbocycles. The first kappa shape index (κ1) is 38.0. The summed E-state index contributed by atoms with van der Waals surface area (Å²) in [6, 6.07) is 65.1. The Kier molecular flexibility index (Phi) is 10.3. The van der Waals surface area contributed by atoms with Gasteiger partial charge in [0.05, 0.1) is 13.7 Å². The van der Waals surface area contributed by atoms with Crippen molar-refractivity contribution < 1.29 is 9.84 Å². The Balaban J connectivity index is 1.00. The van der Waals surface area contributed by atoms with Crippen molar-refractivity contribution in [1.82, 2.24) is 29.9 Å². The molecule has 0 aliphatic carbocycles. The second-order valence-electron chi connectivity index (χ2n) is 14.8. The molecule has 296 valence electrons. The summed E-state index contributed by atoms with van der Waals surface area (Å²) in [5.41, 5.74) is 10.5. The highest BCUT2D eigenvalue weighted by atomic mass is 16.5. The van der Waals surface area contributed by atoms with E-state index >= 15 is 0 Å². The molecule has 0 bridgehead atoms. The zero-order valence-corrected chi connectivity index (χ0v) is 33.7. The fraction of sp³-hybridized carbons (Fsp3) is 0.0370. The van der Waals surface area contributed by atoms with E-state index < -0.39 is 0 Å². The first-order chi connectivity index (χ1) is 30.6. The van der Waals surface area contributed by atoms with E-state index in [2.05, 4.69) is 84.9 Å². The molecule has 0 amide bonds. The molecule has 0 unspecified atom stereocenters. The van der Waals surface area contributed by atoms with Gasteiger partial charge in [-0.05, 0) is 62.9 Å². The van der Waals surface area contributed by atoms with Gasteiger partial charge in [0, 0.05) is 33.4 Å². The Morgan fingerprint density at radius 1 is 0.339 bits per heavy atom. The summed E-state index contributed by atoms with van der Waals surface area (Å²) in [6.45, 7) is -0.0276. The lowest BCUT2D eigenvalue weighted by atomic mass is 9.91. The van der Waals surface area contributed by atoms with E-state index in [1.54, 1.807) is 7.11 Å². The van der Waals surface area contributed by atoms with Gasteiger partial charge < -0.3 is 9.84 Å². The maximum atomic E-state index is 9.61. The van der Waals surface area contributed by atoms with Gasteiger partial charge in [-0.1, -0.05) is 170 Å². The highest BCUT2D eigenvalue weighted by Crippen LogP contribution is 2.38. The third kappa shape index (κ3) is 7.70. The number of ether oxygens (including phenoxy) is 1.